The van der Waals surface area contributed by atoms with E-state index in [2.05, 4.69) is 11.8 Å². The molecule has 4 rings (SSSR count). The molecule has 0 aromatic heterocycles. The molecule has 0 N–H and O–H groups in total. The number of ether oxygens (including phenoxy) is 1. The fraction of sp³-hybridized carbons (Fsp3) is 0.636. The van der Waals surface area contributed by atoms with E-state index in [4.69, 9.17) is 16.3 Å². The number of para-hydroxylation sites is 1. The van der Waals surface area contributed by atoms with Crippen LogP contribution in [-0.4, -0.2) is 53.4 Å². The second-order valence-corrected chi connectivity index (χ2v) is 8.80. The van der Waals surface area contributed by atoms with Gasteiger partial charge >= 0.3 is 0 Å². The third-order valence-corrected chi connectivity index (χ3v) is 6.93. The Morgan fingerprint density at radius 3 is 2.82 bits per heavy atom. The Bertz CT molecular complexity index is 740. The predicted molar refractivity (Wildman–Crippen MR) is 108 cm³/mol. The first-order chi connectivity index (χ1) is 13.6. The Morgan fingerprint density at radius 2 is 2.04 bits per heavy atom. The fourth-order valence-electron chi connectivity index (χ4n) is 5.44. The molecular formula is C22H29ClN2O3. The molecule has 0 aliphatic carbocycles. The molecule has 3 aliphatic rings. The standard InChI is InChI=1S/C22H29ClN2O3/c1-2-6-18-15-11-16(19-8-5-10-21(26)25(18)19)13-24(12-15)22(27)14-28-20-9-4-3-7-17(20)23/h3-4,7,9,15-16,18-19H,2,5-6,8,10-14H2,1H3/t15-,16+,18-,19-/m0/s1. The quantitative estimate of drug-likeness (QED) is 0.751. The van der Waals surface area contributed by atoms with Gasteiger partial charge in [0.1, 0.15) is 5.75 Å². The highest BCUT2D eigenvalue weighted by Gasteiger charge is 2.49. The van der Waals surface area contributed by atoms with Crippen LogP contribution in [0.4, 0.5) is 0 Å². The molecule has 2 bridgehead atoms. The lowest BCUT2D eigenvalue weighted by atomic mass is 9.71. The Morgan fingerprint density at radius 1 is 1.25 bits per heavy atom. The second-order valence-electron chi connectivity index (χ2n) is 8.39. The summed E-state index contributed by atoms with van der Waals surface area (Å²) in [5.41, 5.74) is 0. The monoisotopic (exact) mass is 404 g/mol. The molecule has 1 aromatic rings. The zero-order chi connectivity index (χ0) is 19.7. The van der Waals surface area contributed by atoms with Gasteiger partial charge in [-0.2, -0.15) is 0 Å². The molecule has 4 atom stereocenters. The highest BCUT2D eigenvalue weighted by atomic mass is 35.5. The SMILES string of the molecule is CCC[C@H]1[C@H]2C[C@H](CN(C(=O)COc3ccccc3Cl)C2)[C@@H]2CCCC(=O)N21. The second kappa shape index (κ2) is 8.32. The minimum Gasteiger partial charge on any atom is -0.482 e. The van der Waals surface area contributed by atoms with Crippen molar-refractivity contribution in [1.82, 2.24) is 9.80 Å². The van der Waals surface area contributed by atoms with Crippen LogP contribution < -0.4 is 4.74 Å². The summed E-state index contributed by atoms with van der Waals surface area (Å²) in [4.78, 5) is 29.7. The van der Waals surface area contributed by atoms with Gasteiger partial charge in [0.15, 0.2) is 6.61 Å². The molecule has 3 saturated heterocycles. The largest absolute Gasteiger partial charge is 0.482 e. The third-order valence-electron chi connectivity index (χ3n) is 6.62. The maximum absolute atomic E-state index is 12.9. The molecule has 2 amide bonds. The van der Waals surface area contributed by atoms with Crippen LogP contribution in [-0.2, 0) is 9.59 Å². The van der Waals surface area contributed by atoms with E-state index >= 15 is 0 Å². The number of amides is 2. The van der Waals surface area contributed by atoms with Crippen LogP contribution in [0.15, 0.2) is 24.3 Å². The van der Waals surface area contributed by atoms with Gasteiger partial charge in [-0.1, -0.05) is 37.1 Å². The minimum atomic E-state index is 0.00886. The molecule has 3 heterocycles. The van der Waals surface area contributed by atoms with Gasteiger partial charge in [0.2, 0.25) is 5.91 Å². The molecule has 28 heavy (non-hydrogen) atoms. The van der Waals surface area contributed by atoms with Gasteiger partial charge in [0, 0.05) is 31.6 Å². The molecule has 3 fully saturated rings. The first-order valence-corrected chi connectivity index (χ1v) is 10.9. The summed E-state index contributed by atoms with van der Waals surface area (Å²) in [7, 11) is 0. The van der Waals surface area contributed by atoms with Crippen molar-refractivity contribution >= 4 is 23.4 Å². The highest BCUT2D eigenvalue weighted by Crippen LogP contribution is 2.42. The fourth-order valence-corrected chi connectivity index (χ4v) is 5.63. The number of hydrogen-bond donors (Lipinski definition) is 0. The summed E-state index contributed by atoms with van der Waals surface area (Å²) >= 11 is 6.13. The predicted octanol–water partition coefficient (Wildman–Crippen LogP) is 3.75. The van der Waals surface area contributed by atoms with Gasteiger partial charge < -0.3 is 14.5 Å². The normalized spacial score (nSPS) is 29.4. The lowest BCUT2D eigenvalue weighted by Gasteiger charge is -2.56. The Balaban J connectivity index is 1.46. The lowest BCUT2D eigenvalue weighted by Crippen LogP contribution is -2.65. The van der Waals surface area contributed by atoms with E-state index in [-0.39, 0.29) is 18.6 Å². The van der Waals surface area contributed by atoms with Gasteiger partial charge in [0.05, 0.1) is 5.02 Å². The molecule has 0 saturated carbocycles. The summed E-state index contributed by atoms with van der Waals surface area (Å²) in [5.74, 6) is 1.65. The number of nitrogens with zero attached hydrogens (tertiary/aromatic N) is 2. The molecule has 1 aromatic carbocycles. The number of piperidine rings is 3. The third kappa shape index (κ3) is 3.73. The van der Waals surface area contributed by atoms with E-state index in [1.54, 1.807) is 12.1 Å². The summed E-state index contributed by atoms with van der Waals surface area (Å²) in [6.07, 6.45) is 5.95. The van der Waals surface area contributed by atoms with Crippen LogP contribution in [0, 0.1) is 11.8 Å². The molecule has 0 unspecified atom stereocenters. The number of rotatable bonds is 5. The van der Waals surface area contributed by atoms with Crippen LogP contribution in [0.2, 0.25) is 5.02 Å². The Hall–Kier alpha value is -1.75. The maximum atomic E-state index is 12.9. The molecule has 3 aliphatic heterocycles. The van der Waals surface area contributed by atoms with Crippen molar-refractivity contribution in [3.05, 3.63) is 29.3 Å². The highest BCUT2D eigenvalue weighted by molar-refractivity contribution is 6.32. The van der Waals surface area contributed by atoms with E-state index in [0.717, 1.165) is 45.2 Å². The average molecular weight is 405 g/mol. The van der Waals surface area contributed by atoms with Crippen LogP contribution >= 0.6 is 11.6 Å². The molecule has 5 nitrogen and oxygen atoms in total. The first kappa shape index (κ1) is 19.6. The van der Waals surface area contributed by atoms with E-state index in [0.29, 0.717) is 41.0 Å². The summed E-state index contributed by atoms with van der Waals surface area (Å²) < 4.78 is 5.68. The summed E-state index contributed by atoms with van der Waals surface area (Å²) in [6, 6.07) is 7.81. The number of hydrogen-bond acceptors (Lipinski definition) is 3. The van der Waals surface area contributed by atoms with Crippen LogP contribution in [0.25, 0.3) is 0 Å². The van der Waals surface area contributed by atoms with Crippen molar-refractivity contribution < 1.29 is 14.3 Å². The first-order valence-electron chi connectivity index (χ1n) is 10.5. The van der Waals surface area contributed by atoms with Crippen LogP contribution in [0.3, 0.4) is 0 Å². The molecule has 0 spiro atoms. The van der Waals surface area contributed by atoms with Crippen LogP contribution in [0.1, 0.15) is 45.4 Å². The Labute approximate surface area is 172 Å². The van der Waals surface area contributed by atoms with E-state index in [1.807, 2.05) is 17.0 Å². The smallest absolute Gasteiger partial charge is 0.260 e. The summed E-state index contributed by atoms with van der Waals surface area (Å²) in [6.45, 7) is 3.64. The van der Waals surface area contributed by atoms with Crippen molar-refractivity contribution in [3.8, 4) is 5.75 Å². The van der Waals surface area contributed by atoms with Gasteiger partial charge in [-0.3, -0.25) is 9.59 Å². The zero-order valence-electron chi connectivity index (χ0n) is 16.5. The molecule has 6 heteroatoms. The average Bonchev–Trinajstić information content (AvgIpc) is 2.70. The number of likely N-dealkylation sites (tertiary alicyclic amines) is 1. The number of halogens is 1. The van der Waals surface area contributed by atoms with Crippen molar-refractivity contribution in [2.75, 3.05) is 19.7 Å². The van der Waals surface area contributed by atoms with Gasteiger partial charge in [-0.25, -0.2) is 0 Å². The summed E-state index contributed by atoms with van der Waals surface area (Å²) in [5, 5.41) is 0.519. The number of carbonyl (C=O) groups excluding carboxylic acids is 2. The van der Waals surface area contributed by atoms with Gasteiger partial charge in [0.25, 0.3) is 5.91 Å². The van der Waals surface area contributed by atoms with E-state index in [9.17, 15) is 9.59 Å². The zero-order valence-corrected chi connectivity index (χ0v) is 17.2. The van der Waals surface area contributed by atoms with Crippen molar-refractivity contribution in [2.24, 2.45) is 11.8 Å². The lowest BCUT2D eigenvalue weighted by molar-refractivity contribution is -0.157. The van der Waals surface area contributed by atoms with Crippen molar-refractivity contribution in [2.45, 2.75) is 57.5 Å². The van der Waals surface area contributed by atoms with Gasteiger partial charge in [-0.15, -0.1) is 0 Å². The molecular weight excluding hydrogens is 376 g/mol. The van der Waals surface area contributed by atoms with Gasteiger partial charge in [-0.05, 0) is 49.7 Å². The van der Waals surface area contributed by atoms with Crippen molar-refractivity contribution in [3.63, 3.8) is 0 Å². The number of fused-ring (bicyclic) bond motifs is 4. The van der Waals surface area contributed by atoms with Crippen LogP contribution in [0.5, 0.6) is 5.75 Å². The van der Waals surface area contributed by atoms with Crippen molar-refractivity contribution in [1.29, 1.82) is 0 Å². The maximum Gasteiger partial charge on any atom is 0.260 e. The van der Waals surface area contributed by atoms with E-state index in [1.165, 1.54) is 0 Å². The topological polar surface area (TPSA) is 49.9 Å². The molecule has 0 radical (unpaired) electrons. The number of benzene rings is 1. The Kier molecular flexibility index (Phi) is 5.81. The van der Waals surface area contributed by atoms with E-state index < -0.39 is 0 Å². The number of carbonyl (C=O) groups is 2. The minimum absolute atomic E-state index is 0.00886. The molecule has 152 valence electrons.